The highest BCUT2D eigenvalue weighted by Crippen LogP contribution is 2.21. The lowest BCUT2D eigenvalue weighted by atomic mass is 10.0. The van der Waals surface area contributed by atoms with Crippen molar-refractivity contribution in [2.24, 2.45) is 0 Å². The van der Waals surface area contributed by atoms with Gasteiger partial charge in [0.15, 0.2) is 0 Å². The Morgan fingerprint density at radius 1 is 0.333 bits per heavy atom. The van der Waals surface area contributed by atoms with Gasteiger partial charge in [-0.05, 0) is 53.4 Å². The average molecular weight is 587 g/mol. The van der Waals surface area contributed by atoms with Gasteiger partial charge in [-0.1, -0.05) is 141 Å². The third-order valence-electron chi connectivity index (χ3n) is 10.7. The van der Waals surface area contributed by atoms with Crippen molar-refractivity contribution in [3.05, 3.63) is 35.4 Å². The van der Waals surface area contributed by atoms with Crippen LogP contribution in [0.5, 0.6) is 0 Å². The van der Waals surface area contributed by atoms with Gasteiger partial charge in [-0.2, -0.15) is 0 Å². The summed E-state index contributed by atoms with van der Waals surface area (Å²) in [5.74, 6) is 0. The van der Waals surface area contributed by atoms with Crippen molar-refractivity contribution in [1.82, 2.24) is 0 Å². The Hall–Kier alpha value is -0.860. The van der Waals surface area contributed by atoms with E-state index in [0.29, 0.717) is 0 Å². The van der Waals surface area contributed by atoms with Crippen molar-refractivity contribution in [3.8, 4) is 0 Å². The Morgan fingerprint density at radius 2 is 0.571 bits per heavy atom. The first-order chi connectivity index (χ1) is 20.5. The molecule has 0 aromatic heterocycles. The summed E-state index contributed by atoms with van der Waals surface area (Å²) >= 11 is 0. The molecule has 1 aromatic rings. The van der Waals surface area contributed by atoms with E-state index in [1.165, 1.54) is 201 Å². The number of rotatable bonds is 30. The first-order valence-electron chi connectivity index (χ1n) is 19.3. The molecule has 0 aliphatic heterocycles. The molecule has 0 radical (unpaired) electrons. The normalized spacial score (nSPS) is 12.3. The lowest BCUT2D eigenvalue weighted by Gasteiger charge is -2.38. The van der Waals surface area contributed by atoms with Gasteiger partial charge in [-0.25, -0.2) is 0 Å². The third-order valence-corrected chi connectivity index (χ3v) is 10.7. The Kier molecular flexibility index (Phi) is 23.7. The quantitative estimate of drug-likeness (QED) is 0.0621. The fraction of sp³-hybridized carbons (Fsp3) is 0.850. The Morgan fingerprint density at radius 3 is 0.810 bits per heavy atom. The first kappa shape index (κ1) is 39.2. The SMILES string of the molecule is CCCCCCCCCCCC[N+](CC)(CC)Cc1ccc(C[N+](CC)(CC)CCCCCCCCCCCC)cc1. The Balaban J connectivity index is 2.45. The van der Waals surface area contributed by atoms with Crippen LogP contribution in [-0.2, 0) is 13.1 Å². The van der Waals surface area contributed by atoms with E-state index in [0.717, 1.165) is 0 Å². The number of nitrogens with zero attached hydrogens (tertiary/aromatic N) is 2. The molecule has 1 rings (SSSR count). The summed E-state index contributed by atoms with van der Waals surface area (Å²) in [6.07, 6.45) is 28.5. The van der Waals surface area contributed by atoms with Crippen molar-refractivity contribution in [2.75, 3.05) is 39.3 Å². The van der Waals surface area contributed by atoms with Gasteiger partial charge < -0.3 is 8.97 Å². The highest BCUT2D eigenvalue weighted by molar-refractivity contribution is 5.21. The van der Waals surface area contributed by atoms with Gasteiger partial charge in [-0.15, -0.1) is 0 Å². The van der Waals surface area contributed by atoms with E-state index in [1.807, 2.05) is 0 Å². The van der Waals surface area contributed by atoms with E-state index in [9.17, 15) is 0 Å². The van der Waals surface area contributed by atoms with Crippen molar-refractivity contribution in [2.45, 2.75) is 183 Å². The standard InChI is InChI=1S/C40H78N2/c1-7-13-15-17-19-21-23-25-27-29-35-41(9-3,10-4)37-39-31-33-40(34-32-39)38-42(11-5,12-6)36-30-28-26-24-22-20-18-16-14-8-2/h31-34H,7-30,35-38H2,1-6H3/q+2. The second-order valence-electron chi connectivity index (χ2n) is 13.9. The largest absolute Gasteiger partial charge is 0.320 e. The summed E-state index contributed by atoms with van der Waals surface area (Å²) in [4.78, 5) is 0. The molecule has 0 saturated carbocycles. The van der Waals surface area contributed by atoms with E-state index in [1.54, 1.807) is 0 Å². The summed E-state index contributed by atoms with van der Waals surface area (Å²) in [6, 6.07) is 9.86. The number of benzene rings is 1. The van der Waals surface area contributed by atoms with Crippen LogP contribution in [0.15, 0.2) is 24.3 Å². The lowest BCUT2D eigenvalue weighted by Crippen LogP contribution is -2.48. The summed E-state index contributed by atoms with van der Waals surface area (Å²) in [7, 11) is 0. The molecule has 0 spiro atoms. The van der Waals surface area contributed by atoms with Crippen LogP contribution < -0.4 is 0 Å². The smallest absolute Gasteiger partial charge is 0.104 e. The van der Waals surface area contributed by atoms with Crippen LogP contribution in [0.4, 0.5) is 0 Å². The maximum absolute atomic E-state index is 2.46. The van der Waals surface area contributed by atoms with E-state index in [2.05, 4.69) is 65.8 Å². The van der Waals surface area contributed by atoms with Crippen LogP contribution in [0.2, 0.25) is 0 Å². The van der Waals surface area contributed by atoms with Gasteiger partial charge in [0.05, 0.1) is 39.3 Å². The molecule has 1 aromatic carbocycles. The highest BCUT2D eigenvalue weighted by Gasteiger charge is 2.25. The molecule has 0 bridgehead atoms. The van der Waals surface area contributed by atoms with Crippen LogP contribution >= 0.6 is 0 Å². The Labute approximate surface area is 266 Å². The molecular formula is C40H78N2+2. The molecule has 2 nitrogen and oxygen atoms in total. The fourth-order valence-electron chi connectivity index (χ4n) is 7.08. The molecule has 0 saturated heterocycles. The van der Waals surface area contributed by atoms with Crippen LogP contribution in [0.1, 0.15) is 181 Å². The number of hydrogen-bond donors (Lipinski definition) is 0. The fourth-order valence-corrected chi connectivity index (χ4v) is 7.08. The second kappa shape index (κ2) is 25.5. The first-order valence-corrected chi connectivity index (χ1v) is 19.3. The molecule has 2 heteroatoms. The topological polar surface area (TPSA) is 0 Å². The van der Waals surface area contributed by atoms with Gasteiger partial charge >= 0.3 is 0 Å². The Bertz CT molecular complexity index is 640. The van der Waals surface area contributed by atoms with Crippen molar-refractivity contribution < 1.29 is 8.97 Å². The van der Waals surface area contributed by atoms with Crippen LogP contribution in [0.25, 0.3) is 0 Å². The summed E-state index contributed by atoms with van der Waals surface area (Å²) < 4.78 is 2.50. The summed E-state index contributed by atoms with van der Waals surface area (Å²) in [6.45, 7) is 24.4. The van der Waals surface area contributed by atoms with Gasteiger partial charge in [0.25, 0.3) is 0 Å². The minimum Gasteiger partial charge on any atom is -0.320 e. The zero-order valence-electron chi connectivity index (χ0n) is 30.0. The zero-order chi connectivity index (χ0) is 30.8. The van der Waals surface area contributed by atoms with E-state index >= 15 is 0 Å². The zero-order valence-corrected chi connectivity index (χ0v) is 30.0. The molecule has 0 aliphatic rings. The summed E-state index contributed by atoms with van der Waals surface area (Å²) in [5.41, 5.74) is 3.07. The molecule has 0 aliphatic carbocycles. The van der Waals surface area contributed by atoms with Gasteiger partial charge in [0, 0.05) is 11.1 Å². The van der Waals surface area contributed by atoms with Crippen LogP contribution in [0, 0.1) is 0 Å². The predicted molar refractivity (Wildman–Crippen MR) is 190 cm³/mol. The molecule has 0 atom stereocenters. The third kappa shape index (κ3) is 17.4. The predicted octanol–water partition coefficient (Wildman–Crippen LogP) is 12.2. The minimum absolute atomic E-state index is 1.20. The minimum atomic E-state index is 1.20. The monoisotopic (exact) mass is 587 g/mol. The maximum Gasteiger partial charge on any atom is 0.104 e. The summed E-state index contributed by atoms with van der Waals surface area (Å²) in [5, 5.41) is 0. The molecule has 246 valence electrons. The molecule has 0 amide bonds. The van der Waals surface area contributed by atoms with Crippen molar-refractivity contribution in [3.63, 3.8) is 0 Å². The van der Waals surface area contributed by atoms with Crippen molar-refractivity contribution >= 4 is 0 Å². The van der Waals surface area contributed by atoms with Crippen molar-refractivity contribution in [1.29, 1.82) is 0 Å². The van der Waals surface area contributed by atoms with Gasteiger partial charge in [0.1, 0.15) is 13.1 Å². The van der Waals surface area contributed by atoms with E-state index in [-0.39, 0.29) is 0 Å². The van der Waals surface area contributed by atoms with E-state index < -0.39 is 0 Å². The molecule has 0 heterocycles. The number of hydrogen-bond acceptors (Lipinski definition) is 0. The number of unbranched alkanes of at least 4 members (excludes halogenated alkanes) is 18. The maximum atomic E-state index is 2.46. The average Bonchev–Trinajstić information content (AvgIpc) is 3.02. The molecular weight excluding hydrogens is 508 g/mol. The molecule has 0 unspecified atom stereocenters. The highest BCUT2D eigenvalue weighted by atomic mass is 15.3. The molecule has 0 fully saturated rings. The van der Waals surface area contributed by atoms with E-state index in [4.69, 9.17) is 0 Å². The molecule has 0 N–H and O–H groups in total. The van der Waals surface area contributed by atoms with Gasteiger partial charge in [0.2, 0.25) is 0 Å². The van der Waals surface area contributed by atoms with Crippen LogP contribution in [0.3, 0.4) is 0 Å². The number of quaternary nitrogens is 2. The lowest BCUT2D eigenvalue weighted by molar-refractivity contribution is -0.938. The van der Waals surface area contributed by atoms with Crippen LogP contribution in [-0.4, -0.2) is 48.2 Å². The second-order valence-corrected chi connectivity index (χ2v) is 13.9. The molecule has 42 heavy (non-hydrogen) atoms. The van der Waals surface area contributed by atoms with Gasteiger partial charge in [-0.3, -0.25) is 0 Å².